The molecule has 2 heteroatoms. The van der Waals surface area contributed by atoms with Gasteiger partial charge in [0, 0.05) is 18.0 Å². The molecule has 2 heterocycles. The average molecular weight is 223 g/mol. The fourth-order valence-electron chi connectivity index (χ4n) is 4.39. The van der Waals surface area contributed by atoms with E-state index in [1.54, 1.807) is 0 Å². The van der Waals surface area contributed by atoms with Crippen LogP contribution in [0.15, 0.2) is 0 Å². The fourth-order valence-corrected chi connectivity index (χ4v) is 4.39. The summed E-state index contributed by atoms with van der Waals surface area (Å²) in [6, 6.07) is 1.26. The molecule has 2 saturated heterocycles. The third kappa shape index (κ3) is 2.02. The minimum absolute atomic E-state index is 0.0122. The highest BCUT2D eigenvalue weighted by Gasteiger charge is 2.43. The van der Waals surface area contributed by atoms with Crippen LogP contribution in [0.2, 0.25) is 0 Å². The van der Waals surface area contributed by atoms with Crippen LogP contribution in [0.25, 0.3) is 0 Å². The molecule has 92 valence electrons. The summed E-state index contributed by atoms with van der Waals surface area (Å²) in [6.45, 7) is 0. The zero-order valence-electron chi connectivity index (χ0n) is 10.2. The highest BCUT2D eigenvalue weighted by atomic mass is 16.3. The molecule has 0 radical (unpaired) electrons. The molecule has 0 spiro atoms. The molecule has 3 rings (SSSR count). The normalized spacial score (nSPS) is 45.6. The quantitative estimate of drug-likeness (QED) is 0.669. The van der Waals surface area contributed by atoms with Gasteiger partial charge in [0.15, 0.2) is 0 Å². The van der Waals surface area contributed by atoms with E-state index in [9.17, 15) is 5.11 Å². The molecule has 3 fully saturated rings. The van der Waals surface area contributed by atoms with Gasteiger partial charge in [0.2, 0.25) is 0 Å². The van der Waals surface area contributed by atoms with E-state index in [4.69, 9.17) is 0 Å². The van der Waals surface area contributed by atoms with Gasteiger partial charge in [-0.05, 0) is 25.2 Å². The number of rotatable bonds is 1. The molecular weight excluding hydrogens is 198 g/mol. The van der Waals surface area contributed by atoms with E-state index in [-0.39, 0.29) is 6.10 Å². The lowest BCUT2D eigenvalue weighted by atomic mass is 9.75. The topological polar surface area (TPSA) is 32.3 Å². The Morgan fingerprint density at radius 1 is 0.875 bits per heavy atom. The number of hydrogen-bond acceptors (Lipinski definition) is 2. The summed E-state index contributed by atoms with van der Waals surface area (Å²) in [5.74, 6) is 1.37. The van der Waals surface area contributed by atoms with E-state index in [1.165, 1.54) is 51.4 Å². The maximum Gasteiger partial charge on any atom is 0.0600 e. The first-order chi connectivity index (χ1) is 7.84. The number of nitrogens with one attached hydrogen (secondary N) is 1. The summed E-state index contributed by atoms with van der Waals surface area (Å²) in [4.78, 5) is 0. The first kappa shape index (κ1) is 11.0. The standard InChI is InChI=1S/C14H25NO/c16-13-9-11-7-8-12(15-11)14(13)10-5-3-1-2-4-6-10/h10-16H,1-9H2. The van der Waals surface area contributed by atoms with Gasteiger partial charge in [0.1, 0.15) is 0 Å². The Kier molecular flexibility index (Phi) is 3.21. The van der Waals surface area contributed by atoms with Gasteiger partial charge in [0.05, 0.1) is 6.10 Å². The molecule has 2 bridgehead atoms. The SMILES string of the molecule is OC1CC2CCC(N2)C1C1CCCCCC1. The third-order valence-electron chi connectivity index (χ3n) is 5.15. The summed E-state index contributed by atoms with van der Waals surface area (Å²) in [6.07, 6.45) is 12.0. The second-order valence-corrected chi connectivity index (χ2v) is 6.18. The van der Waals surface area contributed by atoms with E-state index in [1.807, 2.05) is 0 Å². The Hall–Kier alpha value is -0.0800. The van der Waals surface area contributed by atoms with Crippen LogP contribution in [0.5, 0.6) is 0 Å². The summed E-state index contributed by atoms with van der Waals surface area (Å²) in [5.41, 5.74) is 0. The first-order valence-corrected chi connectivity index (χ1v) is 7.29. The molecule has 1 aliphatic carbocycles. The molecule has 0 aromatic heterocycles. The van der Waals surface area contributed by atoms with Gasteiger partial charge in [-0.1, -0.05) is 38.5 Å². The Morgan fingerprint density at radius 2 is 1.62 bits per heavy atom. The minimum atomic E-state index is -0.0122. The molecule has 3 aliphatic rings. The minimum Gasteiger partial charge on any atom is -0.393 e. The molecule has 4 unspecified atom stereocenters. The van der Waals surface area contributed by atoms with Crippen LogP contribution in [-0.2, 0) is 0 Å². The van der Waals surface area contributed by atoms with Crippen molar-refractivity contribution in [2.45, 2.75) is 76.0 Å². The lowest BCUT2D eigenvalue weighted by Crippen LogP contribution is -2.50. The molecule has 0 aromatic rings. The van der Waals surface area contributed by atoms with E-state index in [0.717, 1.165) is 12.3 Å². The molecule has 1 saturated carbocycles. The predicted molar refractivity (Wildman–Crippen MR) is 65.3 cm³/mol. The largest absolute Gasteiger partial charge is 0.393 e. The van der Waals surface area contributed by atoms with E-state index in [2.05, 4.69) is 5.32 Å². The molecule has 2 N–H and O–H groups in total. The van der Waals surface area contributed by atoms with Gasteiger partial charge in [-0.25, -0.2) is 0 Å². The molecular formula is C14H25NO. The smallest absolute Gasteiger partial charge is 0.0600 e. The zero-order chi connectivity index (χ0) is 11.0. The lowest BCUT2D eigenvalue weighted by molar-refractivity contribution is 0.0155. The van der Waals surface area contributed by atoms with Crippen LogP contribution >= 0.6 is 0 Å². The Labute approximate surface area is 98.8 Å². The Balaban J connectivity index is 1.70. The lowest BCUT2D eigenvalue weighted by Gasteiger charge is -2.39. The number of piperidine rings is 1. The van der Waals surface area contributed by atoms with Crippen LogP contribution in [0.1, 0.15) is 57.8 Å². The second kappa shape index (κ2) is 4.66. The van der Waals surface area contributed by atoms with Crippen LogP contribution in [0.3, 0.4) is 0 Å². The molecule has 0 amide bonds. The van der Waals surface area contributed by atoms with E-state index >= 15 is 0 Å². The van der Waals surface area contributed by atoms with Crippen molar-refractivity contribution in [3.63, 3.8) is 0 Å². The maximum absolute atomic E-state index is 10.4. The second-order valence-electron chi connectivity index (χ2n) is 6.18. The molecule has 2 aliphatic heterocycles. The average Bonchev–Trinajstić information content (AvgIpc) is 2.51. The predicted octanol–water partition coefficient (Wildman–Crippen LogP) is 2.46. The van der Waals surface area contributed by atoms with E-state index < -0.39 is 0 Å². The van der Waals surface area contributed by atoms with Gasteiger partial charge in [0.25, 0.3) is 0 Å². The van der Waals surface area contributed by atoms with Crippen molar-refractivity contribution in [1.29, 1.82) is 0 Å². The van der Waals surface area contributed by atoms with Gasteiger partial charge in [-0.15, -0.1) is 0 Å². The van der Waals surface area contributed by atoms with Crippen molar-refractivity contribution >= 4 is 0 Å². The van der Waals surface area contributed by atoms with Crippen molar-refractivity contribution in [2.75, 3.05) is 0 Å². The number of aliphatic hydroxyl groups is 1. The third-order valence-corrected chi connectivity index (χ3v) is 5.15. The molecule has 0 aromatic carbocycles. The first-order valence-electron chi connectivity index (χ1n) is 7.29. The molecule has 16 heavy (non-hydrogen) atoms. The number of fused-ring (bicyclic) bond motifs is 2. The van der Waals surface area contributed by atoms with Crippen molar-refractivity contribution in [3.8, 4) is 0 Å². The summed E-state index contributed by atoms with van der Waals surface area (Å²) < 4.78 is 0. The number of aliphatic hydroxyl groups excluding tert-OH is 1. The summed E-state index contributed by atoms with van der Waals surface area (Å²) in [5, 5.41) is 14.1. The van der Waals surface area contributed by atoms with E-state index in [0.29, 0.717) is 18.0 Å². The zero-order valence-corrected chi connectivity index (χ0v) is 10.2. The van der Waals surface area contributed by atoms with Crippen molar-refractivity contribution in [2.24, 2.45) is 11.8 Å². The molecule has 4 atom stereocenters. The Morgan fingerprint density at radius 3 is 2.38 bits per heavy atom. The monoisotopic (exact) mass is 223 g/mol. The van der Waals surface area contributed by atoms with Gasteiger partial charge in [-0.3, -0.25) is 0 Å². The Bertz CT molecular complexity index is 235. The van der Waals surface area contributed by atoms with Crippen LogP contribution in [0.4, 0.5) is 0 Å². The summed E-state index contributed by atoms with van der Waals surface area (Å²) in [7, 11) is 0. The molecule has 2 nitrogen and oxygen atoms in total. The van der Waals surface area contributed by atoms with Gasteiger partial charge in [-0.2, -0.15) is 0 Å². The highest BCUT2D eigenvalue weighted by Crippen LogP contribution is 2.40. The van der Waals surface area contributed by atoms with Crippen molar-refractivity contribution in [3.05, 3.63) is 0 Å². The highest BCUT2D eigenvalue weighted by molar-refractivity contribution is 5.00. The van der Waals surface area contributed by atoms with Crippen molar-refractivity contribution in [1.82, 2.24) is 5.32 Å². The maximum atomic E-state index is 10.4. The van der Waals surface area contributed by atoms with Crippen LogP contribution in [0, 0.1) is 11.8 Å². The van der Waals surface area contributed by atoms with Crippen molar-refractivity contribution < 1.29 is 5.11 Å². The van der Waals surface area contributed by atoms with Gasteiger partial charge >= 0.3 is 0 Å². The summed E-state index contributed by atoms with van der Waals surface area (Å²) >= 11 is 0. The van der Waals surface area contributed by atoms with Gasteiger partial charge < -0.3 is 10.4 Å². The number of hydrogen-bond donors (Lipinski definition) is 2. The van der Waals surface area contributed by atoms with Crippen LogP contribution in [-0.4, -0.2) is 23.3 Å². The van der Waals surface area contributed by atoms with Crippen LogP contribution < -0.4 is 5.32 Å². The fraction of sp³-hybridized carbons (Fsp3) is 1.00.